The van der Waals surface area contributed by atoms with Crippen molar-refractivity contribution in [1.82, 2.24) is 4.98 Å². The van der Waals surface area contributed by atoms with Crippen molar-refractivity contribution < 1.29 is 13.2 Å². The molecule has 0 bridgehead atoms. The number of hydrogen-bond donors (Lipinski definition) is 2. The Morgan fingerprint density at radius 1 is 1.30 bits per heavy atom. The monoisotopic (exact) mass is 311 g/mol. The molecular formula is C12H13N3O3S2. The van der Waals surface area contributed by atoms with E-state index in [1.54, 1.807) is 6.92 Å². The SMILES string of the molecule is Cc1nc(N)sc1C(=O)Nc1ccc(S(C)(=O)=O)cc1. The number of nitrogens with two attached hydrogens (primary N) is 1. The summed E-state index contributed by atoms with van der Waals surface area (Å²) in [5.74, 6) is -0.316. The Morgan fingerprint density at radius 3 is 2.35 bits per heavy atom. The summed E-state index contributed by atoms with van der Waals surface area (Å²) in [7, 11) is -3.24. The summed E-state index contributed by atoms with van der Waals surface area (Å²) in [5.41, 5.74) is 6.61. The van der Waals surface area contributed by atoms with Gasteiger partial charge in [0.1, 0.15) is 4.88 Å². The molecule has 0 saturated heterocycles. The maximum Gasteiger partial charge on any atom is 0.267 e. The molecule has 0 aliphatic carbocycles. The van der Waals surface area contributed by atoms with E-state index in [4.69, 9.17) is 5.73 Å². The van der Waals surface area contributed by atoms with Crippen LogP contribution in [0.1, 0.15) is 15.4 Å². The Kier molecular flexibility index (Phi) is 3.78. The van der Waals surface area contributed by atoms with E-state index >= 15 is 0 Å². The van der Waals surface area contributed by atoms with Crippen molar-refractivity contribution in [3.05, 3.63) is 34.8 Å². The van der Waals surface area contributed by atoms with Crippen molar-refractivity contribution in [2.75, 3.05) is 17.3 Å². The van der Waals surface area contributed by atoms with E-state index in [0.717, 1.165) is 17.6 Å². The number of nitrogens with one attached hydrogen (secondary N) is 1. The van der Waals surface area contributed by atoms with Gasteiger partial charge in [-0.3, -0.25) is 4.79 Å². The van der Waals surface area contributed by atoms with Gasteiger partial charge in [-0.15, -0.1) is 0 Å². The van der Waals surface area contributed by atoms with Crippen molar-refractivity contribution >= 4 is 37.9 Å². The molecule has 6 nitrogen and oxygen atoms in total. The number of nitrogens with zero attached hydrogens (tertiary/aromatic N) is 1. The molecule has 0 aliphatic rings. The number of aromatic nitrogens is 1. The fraction of sp³-hybridized carbons (Fsp3) is 0.167. The van der Waals surface area contributed by atoms with Gasteiger partial charge in [-0.2, -0.15) is 0 Å². The number of sulfone groups is 1. The van der Waals surface area contributed by atoms with E-state index < -0.39 is 9.84 Å². The Hall–Kier alpha value is -1.93. The van der Waals surface area contributed by atoms with Crippen LogP contribution >= 0.6 is 11.3 Å². The lowest BCUT2D eigenvalue weighted by atomic mass is 10.3. The smallest absolute Gasteiger partial charge is 0.267 e. The van der Waals surface area contributed by atoms with Gasteiger partial charge in [0.2, 0.25) is 0 Å². The van der Waals surface area contributed by atoms with Gasteiger partial charge in [0, 0.05) is 11.9 Å². The van der Waals surface area contributed by atoms with Crippen LogP contribution in [-0.4, -0.2) is 25.6 Å². The van der Waals surface area contributed by atoms with Gasteiger partial charge >= 0.3 is 0 Å². The summed E-state index contributed by atoms with van der Waals surface area (Å²) in [6.07, 6.45) is 1.13. The first-order valence-electron chi connectivity index (χ1n) is 5.62. The van der Waals surface area contributed by atoms with E-state index in [9.17, 15) is 13.2 Å². The van der Waals surface area contributed by atoms with Crippen molar-refractivity contribution in [3.63, 3.8) is 0 Å². The number of carbonyl (C=O) groups is 1. The first-order chi connectivity index (χ1) is 9.27. The van der Waals surface area contributed by atoms with Gasteiger partial charge in [-0.25, -0.2) is 13.4 Å². The normalized spacial score (nSPS) is 11.3. The molecule has 2 aromatic rings. The predicted molar refractivity (Wildman–Crippen MR) is 78.8 cm³/mol. The van der Waals surface area contributed by atoms with Gasteiger partial charge in [-0.05, 0) is 31.2 Å². The number of hydrogen-bond acceptors (Lipinski definition) is 6. The maximum atomic E-state index is 12.0. The zero-order valence-corrected chi connectivity index (χ0v) is 12.5. The molecule has 1 aromatic heterocycles. The van der Waals surface area contributed by atoms with Crippen molar-refractivity contribution in [2.45, 2.75) is 11.8 Å². The first kappa shape index (κ1) is 14.5. The molecule has 0 aliphatic heterocycles. The molecule has 0 spiro atoms. The van der Waals surface area contributed by atoms with Crippen LogP contribution in [0.5, 0.6) is 0 Å². The second kappa shape index (κ2) is 5.22. The Bertz CT molecular complexity index is 749. The summed E-state index contributed by atoms with van der Waals surface area (Å²) in [4.78, 5) is 16.6. The standard InChI is InChI=1S/C12H13N3O3S2/c1-7-10(19-12(13)14-7)11(16)15-8-3-5-9(6-4-8)20(2,17)18/h3-6H,1-2H3,(H2,13,14)(H,15,16). The summed E-state index contributed by atoms with van der Waals surface area (Å²) >= 11 is 1.11. The van der Waals surface area contributed by atoms with E-state index in [-0.39, 0.29) is 10.8 Å². The number of thiazole rings is 1. The molecule has 8 heteroatoms. The summed E-state index contributed by atoms with van der Waals surface area (Å²) in [5, 5.41) is 3.01. The summed E-state index contributed by atoms with van der Waals surface area (Å²) in [6.45, 7) is 1.70. The van der Waals surface area contributed by atoms with Crippen LogP contribution < -0.4 is 11.1 Å². The molecule has 1 amide bonds. The summed E-state index contributed by atoms with van der Waals surface area (Å²) in [6, 6.07) is 5.96. The molecule has 20 heavy (non-hydrogen) atoms. The molecule has 3 N–H and O–H groups in total. The zero-order chi connectivity index (χ0) is 14.9. The highest BCUT2D eigenvalue weighted by atomic mass is 32.2. The molecule has 0 fully saturated rings. The number of benzene rings is 1. The molecule has 2 rings (SSSR count). The van der Waals surface area contributed by atoms with Crippen LogP contribution in [0.15, 0.2) is 29.2 Å². The minimum Gasteiger partial charge on any atom is -0.375 e. The van der Waals surface area contributed by atoms with Crippen LogP contribution in [0.2, 0.25) is 0 Å². The Labute approximate surface area is 120 Å². The van der Waals surface area contributed by atoms with Crippen molar-refractivity contribution in [1.29, 1.82) is 0 Å². The van der Waals surface area contributed by atoms with Crippen LogP contribution in [-0.2, 0) is 9.84 Å². The zero-order valence-electron chi connectivity index (χ0n) is 10.9. The van der Waals surface area contributed by atoms with Crippen LogP contribution in [0, 0.1) is 6.92 Å². The van der Waals surface area contributed by atoms with E-state index in [2.05, 4.69) is 10.3 Å². The largest absolute Gasteiger partial charge is 0.375 e. The van der Waals surface area contributed by atoms with Gasteiger partial charge < -0.3 is 11.1 Å². The highest BCUT2D eigenvalue weighted by Gasteiger charge is 2.14. The molecule has 0 unspecified atom stereocenters. The molecular weight excluding hydrogens is 298 g/mol. The summed E-state index contributed by atoms with van der Waals surface area (Å²) < 4.78 is 22.7. The number of anilines is 2. The van der Waals surface area contributed by atoms with Crippen LogP contribution in [0.25, 0.3) is 0 Å². The quantitative estimate of drug-likeness (QED) is 0.898. The van der Waals surface area contributed by atoms with Gasteiger partial charge in [0.25, 0.3) is 5.91 Å². The lowest BCUT2D eigenvalue weighted by molar-refractivity contribution is 0.103. The molecule has 0 atom stereocenters. The maximum absolute atomic E-state index is 12.0. The Morgan fingerprint density at radius 2 is 1.90 bits per heavy atom. The first-order valence-corrected chi connectivity index (χ1v) is 8.32. The van der Waals surface area contributed by atoms with Crippen LogP contribution in [0.4, 0.5) is 10.8 Å². The molecule has 106 valence electrons. The lowest BCUT2D eigenvalue weighted by Crippen LogP contribution is -2.11. The van der Waals surface area contributed by atoms with Crippen LogP contribution in [0.3, 0.4) is 0 Å². The number of rotatable bonds is 3. The average molecular weight is 311 g/mol. The van der Waals surface area contributed by atoms with Crippen molar-refractivity contribution in [2.24, 2.45) is 0 Å². The van der Waals surface area contributed by atoms with E-state index in [1.165, 1.54) is 24.3 Å². The van der Waals surface area contributed by atoms with Gasteiger partial charge in [-0.1, -0.05) is 11.3 Å². The van der Waals surface area contributed by atoms with Crippen molar-refractivity contribution in [3.8, 4) is 0 Å². The molecule has 0 saturated carbocycles. The lowest BCUT2D eigenvalue weighted by Gasteiger charge is -2.05. The second-order valence-electron chi connectivity index (χ2n) is 4.22. The third-order valence-corrected chi connectivity index (χ3v) is 4.67. The third-order valence-electron chi connectivity index (χ3n) is 2.56. The second-order valence-corrected chi connectivity index (χ2v) is 7.26. The minimum atomic E-state index is -3.24. The van der Waals surface area contributed by atoms with Gasteiger partial charge in [0.15, 0.2) is 15.0 Å². The highest BCUT2D eigenvalue weighted by molar-refractivity contribution is 7.90. The van der Waals surface area contributed by atoms with E-state index in [0.29, 0.717) is 21.4 Å². The Balaban J connectivity index is 2.18. The molecule has 1 aromatic carbocycles. The number of aryl methyl sites for hydroxylation is 1. The number of amides is 1. The highest BCUT2D eigenvalue weighted by Crippen LogP contribution is 2.21. The molecule has 0 radical (unpaired) electrons. The fourth-order valence-corrected chi connectivity index (χ4v) is 2.96. The minimum absolute atomic E-state index is 0.203. The third kappa shape index (κ3) is 3.14. The van der Waals surface area contributed by atoms with E-state index in [1.807, 2.05) is 0 Å². The average Bonchev–Trinajstić information content (AvgIpc) is 2.68. The number of carbonyl (C=O) groups excluding carboxylic acids is 1. The fourth-order valence-electron chi connectivity index (χ4n) is 1.60. The number of nitrogen functional groups attached to an aromatic ring is 1. The predicted octanol–water partition coefficient (Wildman–Crippen LogP) is 1.69. The molecule has 1 heterocycles. The van der Waals surface area contributed by atoms with Gasteiger partial charge in [0.05, 0.1) is 10.6 Å². The topological polar surface area (TPSA) is 102 Å².